The van der Waals surface area contributed by atoms with Gasteiger partial charge in [-0.25, -0.2) is 0 Å². The van der Waals surface area contributed by atoms with Crippen LogP contribution in [0.2, 0.25) is 0 Å². The molecule has 3 aliphatic rings. The van der Waals surface area contributed by atoms with Gasteiger partial charge in [0, 0.05) is 0 Å². The smallest absolute Gasteiger partial charge is 0.236 e. The van der Waals surface area contributed by atoms with Gasteiger partial charge in [-0.1, -0.05) is 0 Å². The number of likely N-dealkylation sites (tertiary alicyclic amines) is 1. The fraction of sp³-hybridized carbons (Fsp3) is 0.857. The van der Waals surface area contributed by atoms with Crippen LogP contribution in [0.5, 0.6) is 0 Å². The fourth-order valence-corrected chi connectivity index (χ4v) is 3.76. The first-order valence-corrected chi connectivity index (χ1v) is 7.06. The number of amides is 2. The number of carbonyl (C=O) groups is 2. The molecule has 0 aromatic heterocycles. The van der Waals surface area contributed by atoms with Gasteiger partial charge in [0.25, 0.3) is 0 Å². The number of ether oxygens (including phenoxy) is 1. The number of hydrogen-bond acceptors (Lipinski definition) is 3. The molecule has 0 aliphatic carbocycles. The molecule has 0 N–H and O–H groups in total. The van der Waals surface area contributed by atoms with E-state index >= 15 is 0 Å². The zero-order valence-electron chi connectivity index (χ0n) is 12.6. The molecule has 5 nitrogen and oxygen atoms in total. The van der Waals surface area contributed by atoms with E-state index in [2.05, 4.69) is 21.1 Å². The normalized spacial score (nSPS) is 39.2. The number of halogens is 1. The third kappa shape index (κ3) is 2.29. The SMILES string of the molecule is CC12CCC(O1)C1C(=O)N(CC[N+](C)(C)C)C(=O)C12.[I-]. The maximum Gasteiger partial charge on any atom is 0.236 e. The molecule has 3 saturated heterocycles. The van der Waals surface area contributed by atoms with Crippen LogP contribution in [0.25, 0.3) is 0 Å². The number of rotatable bonds is 3. The van der Waals surface area contributed by atoms with E-state index in [1.165, 1.54) is 4.90 Å². The summed E-state index contributed by atoms with van der Waals surface area (Å²) in [5, 5.41) is 0. The highest BCUT2D eigenvalue weighted by Gasteiger charge is 2.67. The first-order chi connectivity index (χ1) is 8.73. The maximum atomic E-state index is 12.5. The van der Waals surface area contributed by atoms with Gasteiger partial charge < -0.3 is 33.2 Å². The Labute approximate surface area is 137 Å². The molecule has 4 atom stereocenters. The van der Waals surface area contributed by atoms with Crippen molar-refractivity contribution in [3.63, 3.8) is 0 Å². The Morgan fingerprint density at radius 1 is 1.30 bits per heavy atom. The van der Waals surface area contributed by atoms with Gasteiger partial charge >= 0.3 is 0 Å². The highest BCUT2D eigenvalue weighted by molar-refractivity contribution is 6.06. The van der Waals surface area contributed by atoms with Crippen LogP contribution in [-0.2, 0) is 14.3 Å². The fourth-order valence-electron chi connectivity index (χ4n) is 3.76. The molecular formula is C14H23IN2O3. The number of fused-ring (bicyclic) bond motifs is 5. The van der Waals surface area contributed by atoms with E-state index in [-0.39, 0.29) is 53.7 Å². The van der Waals surface area contributed by atoms with Crippen LogP contribution in [0.15, 0.2) is 0 Å². The molecule has 20 heavy (non-hydrogen) atoms. The van der Waals surface area contributed by atoms with Gasteiger partial charge in [0.05, 0.1) is 57.8 Å². The summed E-state index contributed by atoms with van der Waals surface area (Å²) < 4.78 is 6.64. The van der Waals surface area contributed by atoms with Gasteiger partial charge in [0.2, 0.25) is 11.8 Å². The number of likely N-dealkylation sites (N-methyl/N-ethyl adjacent to an activating group) is 1. The number of hydrogen-bond donors (Lipinski definition) is 0. The molecule has 0 radical (unpaired) electrons. The second-order valence-electron chi connectivity index (χ2n) is 7.35. The lowest BCUT2D eigenvalue weighted by Gasteiger charge is -2.28. The summed E-state index contributed by atoms with van der Waals surface area (Å²) in [6, 6.07) is 0. The second kappa shape index (κ2) is 4.91. The van der Waals surface area contributed by atoms with E-state index in [0.717, 1.165) is 23.9 Å². The standard InChI is InChI=1S/C14H23N2O3.HI/c1-14-6-5-9(19-14)10-11(14)13(18)15(12(10)17)7-8-16(2,3)4;/h9-11H,5-8H2,1-4H3;1H/q+1;/p-1. The zero-order chi connectivity index (χ0) is 14.0. The van der Waals surface area contributed by atoms with Gasteiger partial charge in [-0.05, 0) is 19.8 Å². The third-order valence-corrected chi connectivity index (χ3v) is 4.84. The van der Waals surface area contributed by atoms with Crippen molar-refractivity contribution in [3.8, 4) is 0 Å². The predicted molar refractivity (Wildman–Crippen MR) is 69.1 cm³/mol. The summed E-state index contributed by atoms with van der Waals surface area (Å²) in [7, 11) is 6.21. The van der Waals surface area contributed by atoms with E-state index in [0.29, 0.717) is 6.54 Å². The van der Waals surface area contributed by atoms with Gasteiger partial charge in [0.1, 0.15) is 0 Å². The predicted octanol–water partition coefficient (Wildman–Crippen LogP) is -2.75. The molecular weight excluding hydrogens is 371 g/mol. The molecule has 2 bridgehead atoms. The minimum atomic E-state index is -0.395. The summed E-state index contributed by atoms with van der Waals surface area (Å²) in [5.74, 6) is -0.449. The highest BCUT2D eigenvalue weighted by Crippen LogP contribution is 2.54. The first-order valence-electron chi connectivity index (χ1n) is 7.06. The largest absolute Gasteiger partial charge is 1.00 e. The van der Waals surface area contributed by atoms with Crippen molar-refractivity contribution >= 4 is 11.8 Å². The van der Waals surface area contributed by atoms with Gasteiger partial charge in [-0.15, -0.1) is 0 Å². The highest BCUT2D eigenvalue weighted by atomic mass is 127. The van der Waals surface area contributed by atoms with Gasteiger partial charge in [0.15, 0.2) is 0 Å². The molecule has 3 aliphatic heterocycles. The molecule has 0 aromatic carbocycles. The molecule has 3 rings (SSSR count). The first kappa shape index (κ1) is 16.2. The maximum absolute atomic E-state index is 12.5. The van der Waals surface area contributed by atoms with E-state index in [4.69, 9.17) is 4.74 Å². The Hall–Kier alpha value is -0.210. The van der Waals surface area contributed by atoms with E-state index in [1.54, 1.807) is 0 Å². The molecule has 0 saturated carbocycles. The molecule has 0 aromatic rings. The van der Waals surface area contributed by atoms with Crippen molar-refractivity contribution in [2.45, 2.75) is 31.5 Å². The van der Waals surface area contributed by atoms with Crippen molar-refractivity contribution in [2.24, 2.45) is 11.8 Å². The summed E-state index contributed by atoms with van der Waals surface area (Å²) in [6.45, 7) is 3.31. The van der Waals surface area contributed by atoms with Crippen LogP contribution in [0.1, 0.15) is 19.8 Å². The molecule has 6 heteroatoms. The van der Waals surface area contributed by atoms with Crippen molar-refractivity contribution in [2.75, 3.05) is 34.2 Å². The Bertz CT molecular complexity index is 448. The van der Waals surface area contributed by atoms with Crippen LogP contribution in [0, 0.1) is 11.8 Å². The lowest BCUT2D eigenvalue weighted by atomic mass is 9.74. The lowest BCUT2D eigenvalue weighted by Crippen LogP contribution is -3.00. The lowest BCUT2D eigenvalue weighted by molar-refractivity contribution is -0.869. The summed E-state index contributed by atoms with van der Waals surface area (Å²) >= 11 is 0. The minimum absolute atomic E-state index is 0. The molecule has 114 valence electrons. The Balaban J connectivity index is 0.00000147. The zero-order valence-corrected chi connectivity index (χ0v) is 14.7. The number of nitrogens with zero attached hydrogens (tertiary/aromatic N) is 2. The average molecular weight is 394 g/mol. The summed E-state index contributed by atoms with van der Waals surface area (Å²) in [6.07, 6.45) is 1.79. The van der Waals surface area contributed by atoms with Crippen molar-refractivity contribution in [1.29, 1.82) is 0 Å². The van der Waals surface area contributed by atoms with Crippen LogP contribution in [0.4, 0.5) is 0 Å². The van der Waals surface area contributed by atoms with E-state index < -0.39 is 5.60 Å². The molecule has 2 amide bonds. The molecule has 4 unspecified atom stereocenters. The van der Waals surface area contributed by atoms with Crippen LogP contribution in [-0.4, -0.2) is 67.1 Å². The quantitative estimate of drug-likeness (QED) is 0.296. The van der Waals surface area contributed by atoms with Gasteiger partial charge in [-0.3, -0.25) is 14.5 Å². The van der Waals surface area contributed by atoms with Crippen LogP contribution < -0.4 is 24.0 Å². The molecule has 3 fully saturated rings. The van der Waals surface area contributed by atoms with Crippen molar-refractivity contribution in [1.82, 2.24) is 4.90 Å². The number of carbonyl (C=O) groups excluding carboxylic acids is 2. The third-order valence-electron chi connectivity index (χ3n) is 4.84. The summed E-state index contributed by atoms with van der Waals surface area (Å²) in [4.78, 5) is 26.5. The number of imide groups is 1. The molecule has 0 spiro atoms. The second-order valence-corrected chi connectivity index (χ2v) is 7.35. The van der Waals surface area contributed by atoms with E-state index in [1.807, 2.05) is 6.92 Å². The van der Waals surface area contributed by atoms with Crippen molar-refractivity contribution < 1.29 is 42.8 Å². The Morgan fingerprint density at radius 3 is 2.50 bits per heavy atom. The Kier molecular flexibility index (Phi) is 3.97. The van der Waals surface area contributed by atoms with Gasteiger partial charge in [-0.2, -0.15) is 0 Å². The molecule has 3 heterocycles. The topological polar surface area (TPSA) is 46.6 Å². The van der Waals surface area contributed by atoms with Crippen molar-refractivity contribution in [3.05, 3.63) is 0 Å². The van der Waals surface area contributed by atoms with E-state index in [9.17, 15) is 9.59 Å². The Morgan fingerprint density at radius 2 is 1.95 bits per heavy atom. The average Bonchev–Trinajstić information content (AvgIpc) is 2.86. The number of quaternary nitrogens is 1. The minimum Gasteiger partial charge on any atom is -1.00 e. The summed E-state index contributed by atoms with van der Waals surface area (Å²) in [5.41, 5.74) is -0.395. The monoisotopic (exact) mass is 394 g/mol. The van der Waals surface area contributed by atoms with Crippen LogP contribution >= 0.6 is 0 Å². The van der Waals surface area contributed by atoms with Crippen LogP contribution in [0.3, 0.4) is 0 Å².